The Balaban J connectivity index is 3.09. The molecule has 0 aliphatic rings. The molecule has 66 valence electrons. The first-order chi connectivity index (χ1) is 5.54. The van der Waals surface area contributed by atoms with Crippen LogP contribution >= 0.6 is 15.9 Å². The van der Waals surface area contributed by atoms with Crippen molar-refractivity contribution < 1.29 is 4.79 Å². The lowest BCUT2D eigenvalue weighted by Crippen LogP contribution is -2.13. The lowest BCUT2D eigenvalue weighted by atomic mass is 10.1. The van der Waals surface area contributed by atoms with Gasteiger partial charge >= 0.3 is 0 Å². The normalized spacial score (nSPS) is 10.8. The molecule has 0 spiro atoms. The number of nitrogens with zero attached hydrogens (tertiary/aromatic N) is 3. The van der Waals surface area contributed by atoms with Gasteiger partial charge in [0, 0.05) is 13.0 Å². The Hall–Kier alpha value is -0.710. The van der Waals surface area contributed by atoms with E-state index in [9.17, 15) is 4.79 Å². The second kappa shape index (κ2) is 3.35. The smallest absolute Gasteiger partial charge is 0.186 e. The molecule has 0 unspecified atom stereocenters. The van der Waals surface area contributed by atoms with Gasteiger partial charge in [-0.05, 0) is 15.9 Å². The largest absolute Gasteiger partial charge is 0.292 e. The van der Waals surface area contributed by atoms with Crippen molar-refractivity contribution in [3.63, 3.8) is 0 Å². The van der Waals surface area contributed by atoms with Crippen LogP contribution < -0.4 is 0 Å². The number of rotatable bonds is 2. The van der Waals surface area contributed by atoms with E-state index >= 15 is 0 Å². The summed E-state index contributed by atoms with van der Waals surface area (Å²) in [6, 6.07) is 0. The van der Waals surface area contributed by atoms with Crippen molar-refractivity contribution in [2.45, 2.75) is 13.8 Å². The first-order valence-electron chi connectivity index (χ1n) is 3.63. The van der Waals surface area contributed by atoms with Crippen molar-refractivity contribution >= 4 is 21.7 Å². The summed E-state index contributed by atoms with van der Waals surface area (Å²) in [6.07, 6.45) is 0. The van der Waals surface area contributed by atoms with Gasteiger partial charge in [0.2, 0.25) is 0 Å². The highest BCUT2D eigenvalue weighted by atomic mass is 79.9. The van der Waals surface area contributed by atoms with E-state index in [0.717, 1.165) is 0 Å². The minimum atomic E-state index is -0.0292. The fourth-order valence-corrected chi connectivity index (χ4v) is 1.39. The molecular weight excluding hydrogens is 222 g/mol. The Morgan fingerprint density at radius 1 is 1.58 bits per heavy atom. The lowest BCUT2D eigenvalue weighted by Gasteiger charge is -2.02. The van der Waals surface area contributed by atoms with E-state index in [2.05, 4.69) is 26.2 Å². The third-order valence-electron chi connectivity index (χ3n) is 1.54. The van der Waals surface area contributed by atoms with Gasteiger partial charge in [-0.3, -0.25) is 4.79 Å². The number of aryl methyl sites for hydroxylation is 1. The minimum absolute atomic E-state index is 0.0292. The zero-order valence-corrected chi connectivity index (χ0v) is 8.79. The van der Waals surface area contributed by atoms with Gasteiger partial charge in [0.15, 0.2) is 10.4 Å². The van der Waals surface area contributed by atoms with Crippen molar-refractivity contribution in [1.82, 2.24) is 15.0 Å². The molecule has 1 aromatic rings. The predicted octanol–water partition coefficient (Wildman–Crippen LogP) is 1.42. The van der Waals surface area contributed by atoms with Gasteiger partial charge in [-0.15, -0.1) is 5.10 Å². The number of ketones is 1. The maximum atomic E-state index is 11.5. The predicted molar refractivity (Wildman–Crippen MR) is 47.9 cm³/mol. The molecule has 0 N–H and O–H groups in total. The van der Waals surface area contributed by atoms with E-state index in [1.54, 1.807) is 7.05 Å². The fourth-order valence-electron chi connectivity index (χ4n) is 0.867. The van der Waals surface area contributed by atoms with Gasteiger partial charge in [-0.25, -0.2) is 4.68 Å². The highest BCUT2D eigenvalue weighted by Crippen LogP contribution is 2.15. The fraction of sp³-hybridized carbons (Fsp3) is 0.571. The molecule has 5 heteroatoms. The van der Waals surface area contributed by atoms with E-state index in [4.69, 9.17) is 0 Å². The average Bonchev–Trinajstić information content (AvgIpc) is 2.30. The zero-order valence-electron chi connectivity index (χ0n) is 7.21. The van der Waals surface area contributed by atoms with Crippen LogP contribution in [-0.4, -0.2) is 20.8 Å². The third-order valence-corrected chi connectivity index (χ3v) is 2.08. The number of carbonyl (C=O) groups excluding carboxylic acids is 1. The molecule has 12 heavy (non-hydrogen) atoms. The summed E-state index contributed by atoms with van der Waals surface area (Å²) in [4.78, 5) is 11.5. The standard InChI is InChI=1S/C7H10BrN3O/c1-4(2)6(12)5-7(8)9-10-11(5)3/h4H,1-3H3. The van der Waals surface area contributed by atoms with Crippen molar-refractivity contribution in [1.29, 1.82) is 0 Å². The highest BCUT2D eigenvalue weighted by Gasteiger charge is 2.19. The SMILES string of the molecule is CC(C)C(=O)c1c(Br)nnn1C. The van der Waals surface area contributed by atoms with Gasteiger partial charge in [-0.1, -0.05) is 19.1 Å². The van der Waals surface area contributed by atoms with E-state index in [0.29, 0.717) is 10.3 Å². The number of Topliss-reactive ketones (excluding diaryl/α,β-unsaturated/α-hetero) is 1. The summed E-state index contributed by atoms with van der Waals surface area (Å²) in [5, 5.41) is 7.45. The van der Waals surface area contributed by atoms with Crippen LogP contribution in [0.5, 0.6) is 0 Å². The summed E-state index contributed by atoms with van der Waals surface area (Å²) < 4.78 is 2.00. The van der Waals surface area contributed by atoms with Crippen LogP contribution in [0.3, 0.4) is 0 Å². The molecule has 4 nitrogen and oxygen atoms in total. The van der Waals surface area contributed by atoms with Crippen LogP contribution in [0.1, 0.15) is 24.3 Å². The number of carbonyl (C=O) groups is 1. The van der Waals surface area contributed by atoms with Gasteiger partial charge in [-0.2, -0.15) is 0 Å². The highest BCUT2D eigenvalue weighted by molar-refractivity contribution is 9.10. The molecule has 0 aliphatic heterocycles. The van der Waals surface area contributed by atoms with Crippen LogP contribution in [0.4, 0.5) is 0 Å². The van der Waals surface area contributed by atoms with Gasteiger partial charge in [0.25, 0.3) is 0 Å². The maximum Gasteiger partial charge on any atom is 0.186 e. The topological polar surface area (TPSA) is 47.8 Å². The molecule has 1 aromatic heterocycles. The number of aromatic nitrogens is 3. The van der Waals surface area contributed by atoms with Gasteiger partial charge in [0.1, 0.15) is 5.69 Å². The first kappa shape index (κ1) is 9.38. The van der Waals surface area contributed by atoms with Crippen molar-refractivity contribution in [3.05, 3.63) is 10.3 Å². The van der Waals surface area contributed by atoms with Crippen molar-refractivity contribution in [2.75, 3.05) is 0 Å². The maximum absolute atomic E-state index is 11.5. The minimum Gasteiger partial charge on any atom is -0.292 e. The summed E-state index contributed by atoms with van der Waals surface area (Å²) in [5.41, 5.74) is 0.532. The van der Waals surface area contributed by atoms with Crippen molar-refractivity contribution in [2.24, 2.45) is 13.0 Å². The second-order valence-electron chi connectivity index (χ2n) is 2.87. The van der Waals surface area contributed by atoms with Crippen molar-refractivity contribution in [3.8, 4) is 0 Å². The van der Waals surface area contributed by atoms with Crippen LogP contribution in [0.15, 0.2) is 4.60 Å². The Morgan fingerprint density at radius 3 is 2.50 bits per heavy atom. The molecule has 0 bridgehead atoms. The quantitative estimate of drug-likeness (QED) is 0.724. The summed E-state index contributed by atoms with van der Waals surface area (Å²) in [5.74, 6) is 0.0212. The Labute approximate surface area is 79.1 Å². The van der Waals surface area contributed by atoms with Crippen LogP contribution in [0, 0.1) is 5.92 Å². The van der Waals surface area contributed by atoms with E-state index < -0.39 is 0 Å². The molecule has 0 aliphatic carbocycles. The summed E-state index contributed by atoms with van der Waals surface area (Å²) in [6.45, 7) is 3.70. The Morgan fingerprint density at radius 2 is 2.17 bits per heavy atom. The van der Waals surface area contributed by atoms with E-state index in [-0.39, 0.29) is 11.7 Å². The average molecular weight is 232 g/mol. The molecule has 1 rings (SSSR count). The van der Waals surface area contributed by atoms with Gasteiger partial charge in [0.05, 0.1) is 0 Å². The van der Waals surface area contributed by atoms with E-state index in [1.165, 1.54) is 4.68 Å². The van der Waals surface area contributed by atoms with E-state index in [1.807, 2.05) is 13.8 Å². The second-order valence-corrected chi connectivity index (χ2v) is 3.62. The number of hydrogen-bond acceptors (Lipinski definition) is 3. The number of hydrogen-bond donors (Lipinski definition) is 0. The van der Waals surface area contributed by atoms with Crippen LogP contribution in [-0.2, 0) is 7.05 Å². The van der Waals surface area contributed by atoms with Crippen LogP contribution in [0.2, 0.25) is 0 Å². The van der Waals surface area contributed by atoms with Crippen LogP contribution in [0.25, 0.3) is 0 Å². The Bertz CT molecular complexity index is 286. The molecule has 0 radical (unpaired) electrons. The number of halogens is 1. The van der Waals surface area contributed by atoms with Gasteiger partial charge < -0.3 is 0 Å². The molecular formula is C7H10BrN3O. The first-order valence-corrected chi connectivity index (χ1v) is 4.42. The molecule has 0 saturated carbocycles. The monoisotopic (exact) mass is 231 g/mol. The summed E-state index contributed by atoms with van der Waals surface area (Å²) in [7, 11) is 1.70. The molecule has 0 aromatic carbocycles. The lowest BCUT2D eigenvalue weighted by molar-refractivity contribution is 0.0929. The molecule has 0 amide bonds. The molecule has 0 saturated heterocycles. The molecule has 0 fully saturated rings. The third kappa shape index (κ3) is 1.55. The molecule has 1 heterocycles. The zero-order chi connectivity index (χ0) is 9.30. The summed E-state index contributed by atoms with van der Waals surface area (Å²) >= 11 is 3.17. The molecule has 0 atom stereocenters. The Kier molecular flexibility index (Phi) is 2.62.